The lowest BCUT2D eigenvalue weighted by atomic mass is 10.1. The van der Waals surface area contributed by atoms with Crippen LogP contribution in [0.15, 0.2) is 54.7 Å². The van der Waals surface area contributed by atoms with E-state index in [0.29, 0.717) is 0 Å². The van der Waals surface area contributed by atoms with Gasteiger partial charge in [-0.2, -0.15) is 0 Å². The number of nitrogen functional groups attached to an aromatic ring is 1. The number of para-hydroxylation sites is 2. The molecule has 3 rings (SSSR count). The van der Waals surface area contributed by atoms with Crippen molar-refractivity contribution >= 4 is 16.6 Å². The number of fused-ring (bicyclic) bond motifs is 1. The fourth-order valence-electron chi connectivity index (χ4n) is 2.24. The monoisotopic (exact) mass is 222 g/mol. The molecule has 0 atom stereocenters. The molecule has 0 fully saturated rings. The predicted molar refractivity (Wildman–Crippen MR) is 72.4 cm³/mol. The van der Waals surface area contributed by atoms with Crippen LogP contribution in [-0.4, -0.2) is 4.57 Å². The highest BCUT2D eigenvalue weighted by molar-refractivity contribution is 5.86. The Morgan fingerprint density at radius 2 is 1.76 bits per heavy atom. The van der Waals surface area contributed by atoms with Gasteiger partial charge in [0.25, 0.3) is 0 Å². The van der Waals surface area contributed by atoms with Gasteiger partial charge in [-0.1, -0.05) is 24.3 Å². The number of hydrogen-bond acceptors (Lipinski definition) is 1. The maximum atomic E-state index is 6.02. The molecule has 0 aliphatic heterocycles. The van der Waals surface area contributed by atoms with Crippen molar-refractivity contribution in [1.82, 2.24) is 4.57 Å². The Bertz CT molecular complexity index is 680. The van der Waals surface area contributed by atoms with E-state index in [1.165, 1.54) is 16.5 Å². The van der Waals surface area contributed by atoms with Gasteiger partial charge in [-0.15, -0.1) is 0 Å². The van der Waals surface area contributed by atoms with E-state index < -0.39 is 0 Å². The maximum absolute atomic E-state index is 6.02. The van der Waals surface area contributed by atoms with E-state index in [9.17, 15) is 0 Å². The van der Waals surface area contributed by atoms with Gasteiger partial charge in [0.2, 0.25) is 0 Å². The first kappa shape index (κ1) is 9.97. The number of rotatable bonds is 1. The van der Waals surface area contributed by atoms with E-state index in [4.69, 9.17) is 5.73 Å². The van der Waals surface area contributed by atoms with Gasteiger partial charge in [0.05, 0.1) is 16.9 Å². The van der Waals surface area contributed by atoms with Crippen LogP contribution < -0.4 is 5.73 Å². The van der Waals surface area contributed by atoms with E-state index in [-0.39, 0.29) is 0 Å². The van der Waals surface area contributed by atoms with Crippen molar-refractivity contribution in [3.05, 3.63) is 60.3 Å². The molecule has 0 saturated carbocycles. The lowest BCUT2D eigenvalue weighted by molar-refractivity contribution is 1.13. The average molecular weight is 222 g/mol. The number of aromatic nitrogens is 1. The lowest BCUT2D eigenvalue weighted by Gasteiger charge is -2.08. The minimum atomic E-state index is 0.798. The van der Waals surface area contributed by atoms with Crippen molar-refractivity contribution in [2.45, 2.75) is 6.92 Å². The van der Waals surface area contributed by atoms with Crippen molar-refractivity contribution in [3.8, 4) is 5.69 Å². The van der Waals surface area contributed by atoms with Crippen LogP contribution in [0.4, 0.5) is 5.69 Å². The lowest BCUT2D eigenvalue weighted by Crippen LogP contribution is -1.97. The van der Waals surface area contributed by atoms with Crippen LogP contribution in [0.3, 0.4) is 0 Å². The predicted octanol–water partition coefficient (Wildman–Crippen LogP) is 3.52. The van der Waals surface area contributed by atoms with Crippen LogP contribution in [0, 0.1) is 6.92 Å². The standard InChI is InChI=1S/C15H14N2/c1-11-5-4-8-14-12(11)9-10-17(14)15-7-3-2-6-13(15)16/h2-10H,16H2,1H3. The van der Waals surface area contributed by atoms with Gasteiger partial charge in [0, 0.05) is 11.6 Å². The Balaban J connectivity index is 2.33. The fraction of sp³-hybridized carbons (Fsp3) is 0.0667. The molecule has 2 N–H and O–H groups in total. The summed E-state index contributed by atoms with van der Waals surface area (Å²) in [6, 6.07) is 16.4. The first-order valence-electron chi connectivity index (χ1n) is 5.69. The molecule has 17 heavy (non-hydrogen) atoms. The Hall–Kier alpha value is -2.22. The summed E-state index contributed by atoms with van der Waals surface area (Å²) in [5, 5.41) is 1.27. The Kier molecular flexibility index (Phi) is 2.15. The zero-order chi connectivity index (χ0) is 11.8. The molecule has 2 heteroatoms. The van der Waals surface area contributed by atoms with Gasteiger partial charge in [0.1, 0.15) is 0 Å². The topological polar surface area (TPSA) is 30.9 Å². The van der Waals surface area contributed by atoms with Crippen molar-refractivity contribution in [2.75, 3.05) is 5.73 Å². The molecule has 0 radical (unpaired) electrons. The number of nitrogens with zero attached hydrogens (tertiary/aromatic N) is 1. The molecule has 0 aliphatic carbocycles. The molecule has 84 valence electrons. The molecule has 0 amide bonds. The molecule has 2 aromatic carbocycles. The summed E-state index contributed by atoms with van der Waals surface area (Å²) < 4.78 is 2.14. The van der Waals surface area contributed by atoms with Gasteiger partial charge in [-0.3, -0.25) is 0 Å². The highest BCUT2D eigenvalue weighted by Crippen LogP contribution is 2.25. The minimum absolute atomic E-state index is 0.798. The van der Waals surface area contributed by atoms with Crippen LogP contribution in [0.2, 0.25) is 0 Å². The molecule has 0 spiro atoms. The zero-order valence-corrected chi connectivity index (χ0v) is 9.72. The Labute approximate surface area is 100 Å². The van der Waals surface area contributed by atoms with Crippen molar-refractivity contribution in [2.24, 2.45) is 0 Å². The maximum Gasteiger partial charge on any atom is 0.0685 e. The second-order valence-electron chi connectivity index (χ2n) is 4.25. The van der Waals surface area contributed by atoms with E-state index in [1.807, 2.05) is 24.3 Å². The van der Waals surface area contributed by atoms with Gasteiger partial charge in [-0.05, 0) is 36.8 Å². The molecule has 0 bridgehead atoms. The van der Waals surface area contributed by atoms with Gasteiger partial charge in [0.15, 0.2) is 0 Å². The summed E-state index contributed by atoms with van der Waals surface area (Å²) in [7, 11) is 0. The summed E-state index contributed by atoms with van der Waals surface area (Å²) in [6.07, 6.45) is 2.07. The number of nitrogens with two attached hydrogens (primary N) is 1. The molecule has 0 unspecified atom stereocenters. The number of hydrogen-bond donors (Lipinski definition) is 1. The van der Waals surface area contributed by atoms with Gasteiger partial charge >= 0.3 is 0 Å². The summed E-state index contributed by atoms with van der Waals surface area (Å²) in [6.45, 7) is 2.13. The molecule has 1 aromatic heterocycles. The summed E-state index contributed by atoms with van der Waals surface area (Å²) in [4.78, 5) is 0. The van der Waals surface area contributed by atoms with Crippen molar-refractivity contribution in [1.29, 1.82) is 0 Å². The third kappa shape index (κ3) is 1.49. The van der Waals surface area contributed by atoms with E-state index >= 15 is 0 Å². The van der Waals surface area contributed by atoms with E-state index in [0.717, 1.165) is 11.4 Å². The molecular formula is C15H14N2. The van der Waals surface area contributed by atoms with Gasteiger partial charge < -0.3 is 10.3 Å². The van der Waals surface area contributed by atoms with Gasteiger partial charge in [-0.25, -0.2) is 0 Å². The minimum Gasteiger partial charge on any atom is -0.397 e. The van der Waals surface area contributed by atoms with E-state index in [2.05, 4.69) is 42.0 Å². The largest absolute Gasteiger partial charge is 0.397 e. The number of anilines is 1. The van der Waals surface area contributed by atoms with Crippen LogP contribution in [0.1, 0.15) is 5.56 Å². The highest BCUT2D eigenvalue weighted by atomic mass is 15.0. The molecular weight excluding hydrogens is 208 g/mol. The van der Waals surface area contributed by atoms with Crippen LogP contribution in [-0.2, 0) is 0 Å². The van der Waals surface area contributed by atoms with Crippen LogP contribution in [0.25, 0.3) is 16.6 Å². The third-order valence-corrected chi connectivity index (χ3v) is 3.15. The normalized spacial score (nSPS) is 10.9. The summed E-state index contributed by atoms with van der Waals surface area (Å²) in [5.41, 5.74) is 10.3. The fourth-order valence-corrected chi connectivity index (χ4v) is 2.24. The molecule has 2 nitrogen and oxygen atoms in total. The quantitative estimate of drug-likeness (QED) is 0.627. The highest BCUT2D eigenvalue weighted by Gasteiger charge is 2.06. The Morgan fingerprint density at radius 1 is 0.941 bits per heavy atom. The SMILES string of the molecule is Cc1cccc2c1ccn2-c1ccccc1N. The van der Waals surface area contributed by atoms with Crippen molar-refractivity contribution < 1.29 is 0 Å². The van der Waals surface area contributed by atoms with E-state index in [1.54, 1.807) is 0 Å². The summed E-state index contributed by atoms with van der Waals surface area (Å²) in [5.74, 6) is 0. The average Bonchev–Trinajstić information content (AvgIpc) is 2.75. The number of aryl methyl sites for hydroxylation is 1. The molecule has 1 heterocycles. The second-order valence-corrected chi connectivity index (χ2v) is 4.25. The first-order chi connectivity index (χ1) is 8.27. The van der Waals surface area contributed by atoms with Crippen LogP contribution >= 0.6 is 0 Å². The Morgan fingerprint density at radius 3 is 2.59 bits per heavy atom. The number of benzene rings is 2. The summed E-state index contributed by atoms with van der Waals surface area (Å²) >= 11 is 0. The second kappa shape index (κ2) is 3.67. The third-order valence-electron chi connectivity index (χ3n) is 3.15. The molecule has 3 aromatic rings. The smallest absolute Gasteiger partial charge is 0.0685 e. The first-order valence-corrected chi connectivity index (χ1v) is 5.69. The van der Waals surface area contributed by atoms with Crippen molar-refractivity contribution in [3.63, 3.8) is 0 Å². The zero-order valence-electron chi connectivity index (χ0n) is 9.72. The molecule has 0 saturated heterocycles. The molecule has 0 aliphatic rings. The van der Waals surface area contributed by atoms with Crippen LogP contribution in [0.5, 0.6) is 0 Å².